The number of Topliss-reactive ketones (excluding diaryl/α,β-unsaturated/α-hetero) is 1. The highest BCUT2D eigenvalue weighted by molar-refractivity contribution is 6.31. The number of carbonyl (C=O) groups excluding carboxylic acids is 1. The molecule has 2 atom stereocenters. The lowest BCUT2D eigenvalue weighted by molar-refractivity contribution is -0.122. The minimum absolute atomic E-state index is 0.0573. The minimum Gasteiger partial charge on any atom is -0.298 e. The second kappa shape index (κ2) is 5.67. The van der Waals surface area contributed by atoms with Gasteiger partial charge in [-0.2, -0.15) is 5.26 Å². The first-order chi connectivity index (χ1) is 7.61. The van der Waals surface area contributed by atoms with Gasteiger partial charge in [-0.15, -0.1) is 0 Å². The Balaban J connectivity index is 3.05. The number of carbonyl (C=O) groups is 1. The van der Waals surface area contributed by atoms with Crippen LogP contribution in [0.15, 0.2) is 24.3 Å². The molecule has 1 aromatic carbocycles. The predicted molar refractivity (Wildman–Crippen MR) is 64.3 cm³/mol. The van der Waals surface area contributed by atoms with Crippen LogP contribution in [0.3, 0.4) is 0 Å². The van der Waals surface area contributed by atoms with Crippen LogP contribution in [0.5, 0.6) is 0 Å². The van der Waals surface area contributed by atoms with Crippen LogP contribution < -0.4 is 0 Å². The average molecular weight is 236 g/mol. The molecule has 0 saturated heterocycles. The Kier molecular flexibility index (Phi) is 4.52. The Morgan fingerprint density at radius 1 is 1.50 bits per heavy atom. The van der Waals surface area contributed by atoms with Crippen LogP contribution in [-0.4, -0.2) is 5.78 Å². The van der Waals surface area contributed by atoms with Gasteiger partial charge in [-0.1, -0.05) is 43.6 Å². The molecule has 2 nitrogen and oxygen atoms in total. The van der Waals surface area contributed by atoms with Gasteiger partial charge in [0.2, 0.25) is 0 Å². The van der Waals surface area contributed by atoms with E-state index in [1.165, 1.54) is 0 Å². The van der Waals surface area contributed by atoms with Crippen LogP contribution in [-0.2, 0) is 4.79 Å². The van der Waals surface area contributed by atoms with Gasteiger partial charge >= 0.3 is 0 Å². The zero-order chi connectivity index (χ0) is 12.1. The largest absolute Gasteiger partial charge is 0.298 e. The van der Waals surface area contributed by atoms with Crippen LogP contribution in [0.4, 0.5) is 0 Å². The van der Waals surface area contributed by atoms with Crippen LogP contribution in [0.25, 0.3) is 0 Å². The molecule has 0 aliphatic carbocycles. The van der Waals surface area contributed by atoms with Gasteiger partial charge in [-0.05, 0) is 18.1 Å². The maximum Gasteiger partial charge on any atom is 0.157 e. The minimum atomic E-state index is -0.747. The van der Waals surface area contributed by atoms with E-state index in [9.17, 15) is 4.79 Å². The highest BCUT2D eigenvalue weighted by Crippen LogP contribution is 2.27. The zero-order valence-corrected chi connectivity index (χ0v) is 10.2. The van der Waals surface area contributed by atoms with Crippen molar-refractivity contribution in [2.75, 3.05) is 0 Å². The highest BCUT2D eigenvalue weighted by atomic mass is 35.5. The highest BCUT2D eigenvalue weighted by Gasteiger charge is 2.25. The van der Waals surface area contributed by atoms with E-state index < -0.39 is 5.92 Å². The lowest BCUT2D eigenvalue weighted by Gasteiger charge is -2.14. The second-order valence-electron chi connectivity index (χ2n) is 3.80. The molecule has 0 spiro atoms. The molecule has 0 heterocycles. The van der Waals surface area contributed by atoms with Crippen molar-refractivity contribution in [2.45, 2.75) is 26.2 Å². The molecular formula is C13H14ClNO. The van der Waals surface area contributed by atoms with Crippen LogP contribution in [0.2, 0.25) is 5.02 Å². The van der Waals surface area contributed by atoms with Gasteiger partial charge in [0.15, 0.2) is 5.78 Å². The van der Waals surface area contributed by atoms with Crippen molar-refractivity contribution in [1.29, 1.82) is 5.26 Å². The first kappa shape index (κ1) is 12.7. The number of rotatable bonds is 4. The summed E-state index contributed by atoms with van der Waals surface area (Å²) in [6, 6.07) is 9.05. The number of nitrogens with zero attached hydrogens (tertiary/aromatic N) is 1. The average Bonchev–Trinajstić information content (AvgIpc) is 2.31. The molecule has 0 saturated carbocycles. The topological polar surface area (TPSA) is 40.9 Å². The van der Waals surface area contributed by atoms with Crippen molar-refractivity contribution in [1.82, 2.24) is 0 Å². The fourth-order valence-corrected chi connectivity index (χ4v) is 1.73. The summed E-state index contributed by atoms with van der Waals surface area (Å²) >= 11 is 5.99. The molecule has 16 heavy (non-hydrogen) atoms. The molecule has 0 amide bonds. The lowest BCUT2D eigenvalue weighted by atomic mass is 9.88. The standard InChI is InChI=1S/C13H14ClNO/c1-3-9(2)13(16)11(8-15)10-6-4-5-7-12(10)14/h4-7,9,11H,3H2,1-2H3. The second-order valence-corrected chi connectivity index (χ2v) is 4.20. The molecule has 0 fully saturated rings. The molecule has 0 aliphatic heterocycles. The maximum absolute atomic E-state index is 12.0. The third-order valence-electron chi connectivity index (χ3n) is 2.73. The van der Waals surface area contributed by atoms with Crippen molar-refractivity contribution >= 4 is 17.4 Å². The van der Waals surface area contributed by atoms with Crippen molar-refractivity contribution in [3.8, 4) is 6.07 Å². The monoisotopic (exact) mass is 235 g/mol. The third-order valence-corrected chi connectivity index (χ3v) is 3.07. The van der Waals surface area contributed by atoms with E-state index in [1.807, 2.05) is 19.9 Å². The normalized spacial score (nSPS) is 13.9. The van der Waals surface area contributed by atoms with Gasteiger partial charge in [0.1, 0.15) is 5.92 Å². The van der Waals surface area contributed by atoms with E-state index in [0.29, 0.717) is 10.6 Å². The maximum atomic E-state index is 12.0. The Labute approximate surface area is 101 Å². The fraction of sp³-hybridized carbons (Fsp3) is 0.385. The van der Waals surface area contributed by atoms with Crippen molar-refractivity contribution in [3.63, 3.8) is 0 Å². The molecule has 3 heteroatoms. The number of ketones is 1. The number of hydrogen-bond donors (Lipinski definition) is 0. The summed E-state index contributed by atoms with van der Waals surface area (Å²) in [7, 11) is 0. The third kappa shape index (κ3) is 2.62. The predicted octanol–water partition coefficient (Wildman–Crippen LogP) is 3.56. The zero-order valence-electron chi connectivity index (χ0n) is 9.40. The van der Waals surface area contributed by atoms with Gasteiger partial charge in [0, 0.05) is 10.9 Å². The Hall–Kier alpha value is -1.33. The molecular weight excluding hydrogens is 222 g/mol. The van der Waals surface area contributed by atoms with E-state index >= 15 is 0 Å². The summed E-state index contributed by atoms with van der Waals surface area (Å²) in [5.74, 6) is -0.914. The van der Waals surface area contributed by atoms with Crippen LogP contribution >= 0.6 is 11.6 Å². The van der Waals surface area contributed by atoms with E-state index in [-0.39, 0.29) is 11.7 Å². The molecule has 0 N–H and O–H groups in total. The van der Waals surface area contributed by atoms with Gasteiger partial charge in [-0.25, -0.2) is 0 Å². The Morgan fingerprint density at radius 3 is 2.62 bits per heavy atom. The van der Waals surface area contributed by atoms with Gasteiger partial charge in [-0.3, -0.25) is 4.79 Å². The molecule has 0 bridgehead atoms. The van der Waals surface area contributed by atoms with E-state index in [0.717, 1.165) is 6.42 Å². The molecule has 0 aliphatic rings. The smallest absolute Gasteiger partial charge is 0.157 e. The SMILES string of the molecule is CCC(C)C(=O)C(C#N)c1ccccc1Cl. The first-order valence-electron chi connectivity index (χ1n) is 5.29. The molecule has 84 valence electrons. The van der Waals surface area contributed by atoms with Gasteiger partial charge < -0.3 is 0 Å². The Morgan fingerprint density at radius 2 is 2.12 bits per heavy atom. The van der Waals surface area contributed by atoms with Crippen LogP contribution in [0, 0.1) is 17.2 Å². The van der Waals surface area contributed by atoms with Crippen molar-refractivity contribution < 1.29 is 4.79 Å². The van der Waals surface area contributed by atoms with Gasteiger partial charge in [0.25, 0.3) is 0 Å². The van der Waals surface area contributed by atoms with E-state index in [4.69, 9.17) is 16.9 Å². The molecule has 1 aromatic rings. The summed E-state index contributed by atoms with van der Waals surface area (Å²) in [6.45, 7) is 3.77. The number of benzene rings is 1. The summed E-state index contributed by atoms with van der Waals surface area (Å²) in [5.41, 5.74) is 0.608. The van der Waals surface area contributed by atoms with Crippen molar-refractivity contribution in [2.24, 2.45) is 5.92 Å². The molecule has 1 rings (SSSR count). The van der Waals surface area contributed by atoms with E-state index in [1.54, 1.807) is 24.3 Å². The molecule has 0 radical (unpaired) electrons. The summed E-state index contributed by atoms with van der Waals surface area (Å²) < 4.78 is 0. The first-order valence-corrected chi connectivity index (χ1v) is 5.67. The van der Waals surface area contributed by atoms with E-state index in [2.05, 4.69) is 0 Å². The summed E-state index contributed by atoms with van der Waals surface area (Å²) in [5, 5.41) is 9.57. The summed E-state index contributed by atoms with van der Waals surface area (Å²) in [4.78, 5) is 12.0. The molecule has 2 unspecified atom stereocenters. The number of hydrogen-bond acceptors (Lipinski definition) is 2. The quantitative estimate of drug-likeness (QED) is 0.801. The van der Waals surface area contributed by atoms with Crippen LogP contribution in [0.1, 0.15) is 31.7 Å². The number of halogens is 1. The van der Waals surface area contributed by atoms with Crippen molar-refractivity contribution in [3.05, 3.63) is 34.9 Å². The fourth-order valence-electron chi connectivity index (χ4n) is 1.48. The Bertz CT molecular complexity index is 422. The number of nitriles is 1. The summed E-state index contributed by atoms with van der Waals surface area (Å²) in [6.07, 6.45) is 0.738. The van der Waals surface area contributed by atoms with Gasteiger partial charge in [0.05, 0.1) is 6.07 Å². The lowest BCUT2D eigenvalue weighted by Crippen LogP contribution is -2.18. The molecule has 0 aromatic heterocycles.